The first kappa shape index (κ1) is 22.2. The van der Waals surface area contributed by atoms with Crippen LogP contribution in [-0.4, -0.2) is 46.7 Å². The average Bonchev–Trinajstić information content (AvgIpc) is 2.85. The molecular formula is C22H34N2O4. The first-order valence-corrected chi connectivity index (χ1v) is 10.2. The lowest BCUT2D eigenvalue weighted by atomic mass is 9.94. The number of amides is 3. The molecule has 0 spiro atoms. The molecule has 2 atom stereocenters. The maximum atomic E-state index is 12.8. The van der Waals surface area contributed by atoms with Crippen molar-refractivity contribution < 1.29 is 19.4 Å². The number of aliphatic hydroxyl groups excluding tert-OH is 1. The van der Waals surface area contributed by atoms with E-state index in [-0.39, 0.29) is 19.1 Å². The van der Waals surface area contributed by atoms with Gasteiger partial charge in [0.25, 0.3) is 5.91 Å². The summed E-state index contributed by atoms with van der Waals surface area (Å²) >= 11 is 0. The second-order valence-corrected chi connectivity index (χ2v) is 8.11. The van der Waals surface area contributed by atoms with Crippen LogP contribution in [0.2, 0.25) is 0 Å². The molecule has 0 unspecified atom stereocenters. The van der Waals surface area contributed by atoms with Crippen molar-refractivity contribution in [3.8, 4) is 5.75 Å². The number of aliphatic hydroxyl groups is 1. The molecule has 2 rings (SSSR count). The number of aryl methyl sites for hydroxylation is 2. The number of carbonyl (C=O) groups excluding carboxylic acids is 2. The third-order valence-corrected chi connectivity index (χ3v) is 5.56. The summed E-state index contributed by atoms with van der Waals surface area (Å²) in [6.07, 6.45) is 3.84. The maximum absolute atomic E-state index is 12.8. The van der Waals surface area contributed by atoms with Gasteiger partial charge in [0.1, 0.15) is 24.0 Å². The Labute approximate surface area is 168 Å². The molecule has 1 aliphatic rings. The van der Waals surface area contributed by atoms with Gasteiger partial charge in [-0.1, -0.05) is 44.7 Å². The number of nitrogens with one attached hydrogen (secondary N) is 1. The maximum Gasteiger partial charge on any atom is 0.325 e. The predicted octanol–water partition coefficient (Wildman–Crippen LogP) is 3.63. The topological polar surface area (TPSA) is 78.9 Å². The van der Waals surface area contributed by atoms with Crippen molar-refractivity contribution in [3.05, 3.63) is 28.8 Å². The van der Waals surface area contributed by atoms with E-state index in [0.29, 0.717) is 6.42 Å². The molecule has 0 aromatic heterocycles. The van der Waals surface area contributed by atoms with Gasteiger partial charge in [0.2, 0.25) is 0 Å². The van der Waals surface area contributed by atoms with Crippen LogP contribution < -0.4 is 10.1 Å². The zero-order valence-electron chi connectivity index (χ0n) is 17.8. The first-order valence-electron chi connectivity index (χ1n) is 10.2. The quantitative estimate of drug-likeness (QED) is 0.472. The minimum Gasteiger partial charge on any atom is -0.490 e. The molecule has 3 amide bonds. The van der Waals surface area contributed by atoms with E-state index in [1.807, 2.05) is 32.9 Å². The number of rotatable bonds is 10. The lowest BCUT2D eigenvalue weighted by Gasteiger charge is -2.23. The van der Waals surface area contributed by atoms with Gasteiger partial charge >= 0.3 is 6.03 Å². The normalized spacial score (nSPS) is 20.4. The second kappa shape index (κ2) is 9.41. The summed E-state index contributed by atoms with van der Waals surface area (Å²) in [6.45, 7) is 9.79. The summed E-state index contributed by atoms with van der Waals surface area (Å²) in [4.78, 5) is 26.2. The van der Waals surface area contributed by atoms with Crippen LogP contribution in [0.15, 0.2) is 12.1 Å². The highest BCUT2D eigenvalue weighted by molar-refractivity contribution is 6.06. The summed E-state index contributed by atoms with van der Waals surface area (Å²) in [5.41, 5.74) is 2.25. The van der Waals surface area contributed by atoms with Crippen LogP contribution in [0.3, 0.4) is 0 Å². The van der Waals surface area contributed by atoms with Crippen LogP contribution in [0.25, 0.3) is 0 Å². The Kier molecular flexibility index (Phi) is 7.47. The van der Waals surface area contributed by atoms with Crippen LogP contribution in [-0.2, 0) is 4.79 Å². The fourth-order valence-corrected chi connectivity index (χ4v) is 3.58. The number of urea groups is 1. The van der Waals surface area contributed by atoms with Gasteiger partial charge in [-0.15, -0.1) is 0 Å². The van der Waals surface area contributed by atoms with E-state index in [2.05, 4.69) is 12.2 Å². The second-order valence-electron chi connectivity index (χ2n) is 8.11. The number of carbonyl (C=O) groups is 2. The van der Waals surface area contributed by atoms with Crippen LogP contribution >= 0.6 is 0 Å². The smallest absolute Gasteiger partial charge is 0.325 e. The standard InChI is InChI=1S/C22H34N2O4/c1-6-7-8-9-12-22(5)20(26)24(21(27)23-22)13-18(25)14-28-19-16(3)11-10-15(2)17(19)4/h10-11,18,25H,6-9,12-14H2,1-5H3,(H,23,27)/t18-,22-/m0/s1. The molecule has 2 N–H and O–H groups in total. The monoisotopic (exact) mass is 390 g/mol. The number of β-amino-alcohol motifs (C(OH)–C–C–N with tert-alkyl or cyclic N) is 1. The van der Waals surface area contributed by atoms with Crippen molar-refractivity contribution in [1.29, 1.82) is 0 Å². The van der Waals surface area contributed by atoms with Crippen LogP contribution in [0.1, 0.15) is 62.6 Å². The van der Waals surface area contributed by atoms with E-state index in [9.17, 15) is 14.7 Å². The molecule has 1 saturated heterocycles. The third kappa shape index (κ3) is 5.04. The van der Waals surface area contributed by atoms with Gasteiger partial charge in [0.15, 0.2) is 0 Å². The number of hydrogen-bond donors (Lipinski definition) is 2. The van der Waals surface area contributed by atoms with Crippen LogP contribution in [0, 0.1) is 20.8 Å². The lowest BCUT2D eigenvalue weighted by Crippen LogP contribution is -2.45. The molecule has 0 bridgehead atoms. The van der Waals surface area contributed by atoms with Gasteiger partial charge in [-0.2, -0.15) is 0 Å². The van der Waals surface area contributed by atoms with Crippen molar-refractivity contribution in [2.45, 2.75) is 78.4 Å². The van der Waals surface area contributed by atoms with E-state index in [1.54, 1.807) is 6.92 Å². The molecule has 6 nitrogen and oxygen atoms in total. The van der Waals surface area contributed by atoms with Crippen molar-refractivity contribution in [1.82, 2.24) is 10.2 Å². The van der Waals surface area contributed by atoms with Crippen LogP contribution in [0.5, 0.6) is 5.75 Å². The van der Waals surface area contributed by atoms with E-state index in [1.165, 1.54) is 0 Å². The Balaban J connectivity index is 1.93. The highest BCUT2D eigenvalue weighted by Gasteiger charge is 2.47. The molecule has 0 radical (unpaired) electrons. The number of nitrogens with zero attached hydrogens (tertiary/aromatic N) is 1. The summed E-state index contributed by atoms with van der Waals surface area (Å²) in [7, 11) is 0. The predicted molar refractivity (Wildman–Crippen MR) is 110 cm³/mol. The van der Waals surface area contributed by atoms with Crippen molar-refractivity contribution in [2.24, 2.45) is 0 Å². The Morgan fingerprint density at radius 1 is 1.14 bits per heavy atom. The highest BCUT2D eigenvalue weighted by atomic mass is 16.5. The molecule has 0 saturated carbocycles. The fraction of sp³-hybridized carbons (Fsp3) is 0.636. The van der Waals surface area contributed by atoms with Gasteiger partial charge in [-0.05, 0) is 50.8 Å². The van der Waals surface area contributed by atoms with Gasteiger partial charge < -0.3 is 15.2 Å². The fourth-order valence-electron chi connectivity index (χ4n) is 3.58. The van der Waals surface area contributed by atoms with E-state index < -0.39 is 17.7 Å². The van der Waals surface area contributed by atoms with Gasteiger partial charge in [-0.3, -0.25) is 9.69 Å². The summed E-state index contributed by atoms with van der Waals surface area (Å²) < 4.78 is 5.82. The zero-order valence-corrected chi connectivity index (χ0v) is 17.8. The van der Waals surface area contributed by atoms with Crippen molar-refractivity contribution >= 4 is 11.9 Å². The number of hydrogen-bond acceptors (Lipinski definition) is 4. The number of unbranched alkanes of at least 4 members (excludes halogenated alkanes) is 3. The van der Waals surface area contributed by atoms with Gasteiger partial charge in [-0.25, -0.2) is 4.79 Å². The Bertz CT molecular complexity index is 719. The van der Waals surface area contributed by atoms with E-state index >= 15 is 0 Å². The number of ether oxygens (including phenoxy) is 1. The first-order chi connectivity index (χ1) is 13.2. The Hall–Kier alpha value is -2.08. The Morgan fingerprint density at radius 3 is 2.50 bits per heavy atom. The summed E-state index contributed by atoms with van der Waals surface area (Å²) in [5.74, 6) is 0.480. The zero-order chi connectivity index (χ0) is 20.9. The molecule has 1 aromatic carbocycles. The van der Waals surface area contributed by atoms with Gasteiger partial charge in [0, 0.05) is 0 Å². The Morgan fingerprint density at radius 2 is 1.82 bits per heavy atom. The minimum atomic E-state index is -0.948. The number of benzene rings is 1. The molecule has 6 heteroatoms. The van der Waals surface area contributed by atoms with Crippen LogP contribution in [0.4, 0.5) is 4.79 Å². The van der Waals surface area contributed by atoms with Crippen molar-refractivity contribution in [3.63, 3.8) is 0 Å². The molecule has 1 fully saturated rings. The molecule has 0 aliphatic carbocycles. The molecule has 1 heterocycles. The summed E-state index contributed by atoms with van der Waals surface area (Å²) in [5, 5.41) is 13.2. The van der Waals surface area contributed by atoms with E-state index in [4.69, 9.17) is 4.74 Å². The average molecular weight is 391 g/mol. The molecule has 28 heavy (non-hydrogen) atoms. The molecular weight excluding hydrogens is 356 g/mol. The van der Waals surface area contributed by atoms with Crippen molar-refractivity contribution in [2.75, 3.05) is 13.2 Å². The van der Waals surface area contributed by atoms with Gasteiger partial charge in [0.05, 0.1) is 6.54 Å². The summed E-state index contributed by atoms with van der Waals surface area (Å²) in [6, 6.07) is 3.57. The number of imide groups is 1. The third-order valence-electron chi connectivity index (χ3n) is 5.56. The largest absolute Gasteiger partial charge is 0.490 e. The molecule has 1 aliphatic heterocycles. The molecule has 156 valence electrons. The highest BCUT2D eigenvalue weighted by Crippen LogP contribution is 2.27. The minimum absolute atomic E-state index is 0.0232. The SMILES string of the molecule is CCCCCC[C@]1(C)NC(=O)N(C[C@H](O)COc2c(C)ccc(C)c2C)C1=O. The van der Waals surface area contributed by atoms with E-state index in [0.717, 1.165) is 53.0 Å². The lowest BCUT2D eigenvalue weighted by molar-refractivity contribution is -0.132. The molecule has 1 aromatic rings.